The maximum atomic E-state index is 12.5. The molecule has 2 heterocycles. The monoisotopic (exact) mass is 342 g/mol. The second-order valence-corrected chi connectivity index (χ2v) is 7.80. The van der Waals surface area contributed by atoms with Crippen molar-refractivity contribution in [1.82, 2.24) is 15.1 Å². The number of amides is 1. The number of likely N-dealkylation sites (N-methyl/N-ethyl adjacent to an activating group) is 1. The second kappa shape index (κ2) is 8.50. The summed E-state index contributed by atoms with van der Waals surface area (Å²) in [6.07, 6.45) is 1.78. The van der Waals surface area contributed by atoms with Crippen molar-refractivity contribution in [2.45, 2.75) is 23.4 Å². The van der Waals surface area contributed by atoms with Gasteiger partial charge in [0.2, 0.25) is 11.0 Å². The highest BCUT2D eigenvalue weighted by Crippen LogP contribution is 2.29. The highest BCUT2D eigenvalue weighted by atomic mass is 32.2. The van der Waals surface area contributed by atoms with E-state index in [1.165, 1.54) is 23.1 Å². The number of thioether (sulfide) groups is 1. The molecule has 0 saturated carbocycles. The van der Waals surface area contributed by atoms with Gasteiger partial charge in [0.25, 0.3) is 0 Å². The lowest BCUT2D eigenvalue weighted by molar-refractivity contribution is -0.902. The molecule has 1 fully saturated rings. The quantitative estimate of drug-likeness (QED) is 0.554. The summed E-state index contributed by atoms with van der Waals surface area (Å²) in [5, 5.41) is 11.9. The van der Waals surface area contributed by atoms with E-state index >= 15 is 0 Å². The summed E-state index contributed by atoms with van der Waals surface area (Å²) in [5.41, 5.74) is 0. The normalized spacial score (nSPS) is 17.3. The molecule has 2 N–H and O–H groups in total. The molecule has 1 amide bonds. The van der Waals surface area contributed by atoms with Crippen LogP contribution in [-0.4, -0.2) is 65.5 Å². The molecule has 2 rings (SSSR count). The SMILES string of the molecule is C=CCNc1nnc(S[C@H](C)C(=O)N2CC[NH+](CC)CC2)s1. The number of carbonyl (C=O) groups excluding carboxylic acids is 1. The fourth-order valence-electron chi connectivity index (χ4n) is 2.34. The summed E-state index contributed by atoms with van der Waals surface area (Å²) in [6, 6.07) is 0. The van der Waals surface area contributed by atoms with Crippen molar-refractivity contribution in [3.63, 3.8) is 0 Å². The molecule has 8 heteroatoms. The standard InChI is InChI=1S/C14H23N5OS2/c1-4-6-15-13-16-17-14(22-13)21-11(3)12(20)19-9-7-18(5-2)8-10-19/h4,11H,1,5-10H2,2-3H3,(H,15,16)/p+1/t11-/m1/s1. The predicted octanol–water partition coefficient (Wildman–Crippen LogP) is 0.364. The van der Waals surface area contributed by atoms with Crippen LogP contribution in [0.5, 0.6) is 0 Å². The van der Waals surface area contributed by atoms with E-state index in [0.717, 1.165) is 42.2 Å². The van der Waals surface area contributed by atoms with Crippen molar-refractivity contribution in [2.24, 2.45) is 0 Å². The summed E-state index contributed by atoms with van der Waals surface area (Å²) < 4.78 is 0.824. The van der Waals surface area contributed by atoms with Crippen LogP contribution in [0.1, 0.15) is 13.8 Å². The van der Waals surface area contributed by atoms with E-state index in [4.69, 9.17) is 0 Å². The third-order valence-corrected chi connectivity index (χ3v) is 5.76. The number of anilines is 1. The molecular weight excluding hydrogens is 318 g/mol. The third kappa shape index (κ3) is 4.69. The Morgan fingerprint density at radius 1 is 1.55 bits per heavy atom. The van der Waals surface area contributed by atoms with Gasteiger partial charge in [-0.1, -0.05) is 29.2 Å². The molecule has 122 valence electrons. The third-order valence-electron chi connectivity index (χ3n) is 3.71. The van der Waals surface area contributed by atoms with E-state index in [1.807, 2.05) is 11.8 Å². The molecular formula is C14H24N5OS2+. The average molecular weight is 343 g/mol. The largest absolute Gasteiger partial charge is 0.357 e. The van der Waals surface area contributed by atoms with E-state index in [0.29, 0.717) is 6.54 Å². The van der Waals surface area contributed by atoms with E-state index in [2.05, 4.69) is 29.0 Å². The Balaban J connectivity index is 1.83. The van der Waals surface area contributed by atoms with Gasteiger partial charge in [-0.3, -0.25) is 4.79 Å². The Morgan fingerprint density at radius 3 is 2.91 bits per heavy atom. The fourth-order valence-corrected chi connectivity index (χ4v) is 4.33. The van der Waals surface area contributed by atoms with Crippen molar-refractivity contribution in [1.29, 1.82) is 0 Å². The minimum absolute atomic E-state index is 0.122. The molecule has 0 bridgehead atoms. The molecule has 1 aromatic heterocycles. The average Bonchev–Trinajstić information content (AvgIpc) is 2.99. The molecule has 6 nitrogen and oxygen atoms in total. The zero-order chi connectivity index (χ0) is 15.9. The number of aromatic nitrogens is 2. The number of quaternary nitrogens is 1. The molecule has 1 saturated heterocycles. The van der Waals surface area contributed by atoms with E-state index < -0.39 is 0 Å². The van der Waals surface area contributed by atoms with E-state index in [9.17, 15) is 4.79 Å². The topological polar surface area (TPSA) is 62.6 Å². The zero-order valence-corrected chi connectivity index (χ0v) is 14.8. The first-order chi connectivity index (χ1) is 10.6. The Bertz CT molecular complexity index is 499. The molecule has 1 aliphatic rings. The minimum Gasteiger partial charge on any atom is -0.357 e. The fraction of sp³-hybridized carbons (Fsp3) is 0.643. The Kier molecular flexibility index (Phi) is 6.66. The Labute approximate surface area is 140 Å². The first-order valence-corrected chi connectivity index (χ1v) is 9.31. The molecule has 1 aliphatic heterocycles. The van der Waals surface area contributed by atoms with Crippen molar-refractivity contribution in [3.05, 3.63) is 12.7 Å². The molecule has 1 atom stereocenters. The van der Waals surface area contributed by atoms with Gasteiger partial charge in [-0.2, -0.15) is 0 Å². The summed E-state index contributed by atoms with van der Waals surface area (Å²) in [4.78, 5) is 16.1. The molecule has 0 spiro atoms. The van der Waals surface area contributed by atoms with Gasteiger partial charge in [0.1, 0.15) is 0 Å². The number of piperazine rings is 1. The first kappa shape index (κ1) is 17.2. The summed E-state index contributed by atoms with van der Waals surface area (Å²) in [6.45, 7) is 13.4. The Hall–Kier alpha value is -1.12. The molecule has 0 unspecified atom stereocenters. The lowest BCUT2D eigenvalue weighted by atomic mass is 10.3. The highest BCUT2D eigenvalue weighted by molar-refractivity contribution is 8.02. The van der Waals surface area contributed by atoms with Crippen LogP contribution in [0, 0.1) is 0 Å². The van der Waals surface area contributed by atoms with Gasteiger partial charge < -0.3 is 15.1 Å². The van der Waals surface area contributed by atoms with Crippen LogP contribution in [0.25, 0.3) is 0 Å². The van der Waals surface area contributed by atoms with Gasteiger partial charge in [0.15, 0.2) is 4.34 Å². The first-order valence-electron chi connectivity index (χ1n) is 7.61. The van der Waals surface area contributed by atoms with Gasteiger partial charge >= 0.3 is 0 Å². The number of rotatable bonds is 7. The lowest BCUT2D eigenvalue weighted by Gasteiger charge is -2.32. The molecule has 1 aromatic rings. The number of hydrogen-bond acceptors (Lipinski definition) is 6. The van der Waals surface area contributed by atoms with Crippen molar-refractivity contribution in [3.8, 4) is 0 Å². The molecule has 0 radical (unpaired) electrons. The van der Waals surface area contributed by atoms with E-state index in [1.54, 1.807) is 11.0 Å². The number of nitrogens with one attached hydrogen (secondary N) is 2. The second-order valence-electron chi connectivity index (χ2n) is 5.23. The van der Waals surface area contributed by atoms with Crippen molar-refractivity contribution in [2.75, 3.05) is 44.6 Å². The van der Waals surface area contributed by atoms with Crippen LogP contribution in [0.4, 0.5) is 5.13 Å². The van der Waals surface area contributed by atoms with Crippen molar-refractivity contribution >= 4 is 34.1 Å². The van der Waals surface area contributed by atoms with Crippen LogP contribution < -0.4 is 10.2 Å². The van der Waals surface area contributed by atoms with Gasteiger partial charge in [-0.15, -0.1) is 16.8 Å². The van der Waals surface area contributed by atoms with Gasteiger partial charge in [-0.05, 0) is 13.8 Å². The number of nitrogens with zero attached hydrogens (tertiary/aromatic N) is 3. The predicted molar refractivity (Wildman–Crippen MR) is 91.7 cm³/mol. The van der Waals surface area contributed by atoms with Crippen LogP contribution in [-0.2, 0) is 4.79 Å². The van der Waals surface area contributed by atoms with Gasteiger partial charge in [0, 0.05) is 6.54 Å². The van der Waals surface area contributed by atoms with E-state index in [-0.39, 0.29) is 11.2 Å². The molecule has 0 aliphatic carbocycles. The minimum atomic E-state index is -0.122. The summed E-state index contributed by atoms with van der Waals surface area (Å²) in [5.74, 6) is 0.205. The maximum Gasteiger partial charge on any atom is 0.236 e. The van der Waals surface area contributed by atoms with Crippen LogP contribution in [0.3, 0.4) is 0 Å². The van der Waals surface area contributed by atoms with Crippen molar-refractivity contribution < 1.29 is 9.69 Å². The molecule has 22 heavy (non-hydrogen) atoms. The van der Waals surface area contributed by atoms with Crippen LogP contribution in [0.15, 0.2) is 17.0 Å². The lowest BCUT2D eigenvalue weighted by Crippen LogP contribution is -3.14. The maximum absolute atomic E-state index is 12.5. The molecule has 0 aromatic carbocycles. The van der Waals surface area contributed by atoms with Gasteiger partial charge in [-0.25, -0.2) is 0 Å². The number of hydrogen-bond donors (Lipinski definition) is 2. The summed E-state index contributed by atoms with van der Waals surface area (Å²) in [7, 11) is 0. The zero-order valence-electron chi connectivity index (χ0n) is 13.2. The summed E-state index contributed by atoms with van der Waals surface area (Å²) >= 11 is 2.96. The van der Waals surface area contributed by atoms with Crippen LogP contribution in [0.2, 0.25) is 0 Å². The number of carbonyl (C=O) groups is 1. The van der Waals surface area contributed by atoms with Gasteiger partial charge in [0.05, 0.1) is 38.0 Å². The van der Waals surface area contributed by atoms with Crippen LogP contribution >= 0.6 is 23.1 Å². The smallest absolute Gasteiger partial charge is 0.236 e. The highest BCUT2D eigenvalue weighted by Gasteiger charge is 2.27. The Morgan fingerprint density at radius 2 is 2.27 bits per heavy atom.